The van der Waals surface area contributed by atoms with E-state index in [0.717, 1.165) is 16.3 Å². The summed E-state index contributed by atoms with van der Waals surface area (Å²) >= 11 is 1.35. The van der Waals surface area contributed by atoms with Crippen molar-refractivity contribution in [2.24, 2.45) is 0 Å². The van der Waals surface area contributed by atoms with Crippen LogP contribution >= 0.6 is 11.3 Å². The van der Waals surface area contributed by atoms with Gasteiger partial charge in [-0.3, -0.25) is 4.79 Å². The highest BCUT2D eigenvalue weighted by atomic mass is 32.1. The van der Waals surface area contributed by atoms with Crippen LogP contribution in [0, 0.1) is 13.8 Å². The lowest BCUT2D eigenvalue weighted by Crippen LogP contribution is -2.28. The van der Waals surface area contributed by atoms with E-state index in [0.29, 0.717) is 10.6 Å². The maximum Gasteiger partial charge on any atom is 0.263 e. The van der Waals surface area contributed by atoms with Crippen molar-refractivity contribution in [2.75, 3.05) is 25.5 Å². The van der Waals surface area contributed by atoms with Gasteiger partial charge in [0.2, 0.25) is 0 Å². The molecule has 1 atom stereocenters. The number of anilines is 1. The predicted molar refractivity (Wildman–Crippen MR) is 89.7 cm³/mol. The number of aliphatic hydroxyl groups is 1. The van der Waals surface area contributed by atoms with Gasteiger partial charge in [0.05, 0.1) is 11.8 Å². The van der Waals surface area contributed by atoms with Gasteiger partial charge >= 0.3 is 0 Å². The fourth-order valence-electron chi connectivity index (χ4n) is 2.05. The summed E-state index contributed by atoms with van der Waals surface area (Å²) in [5, 5.41) is 13.7. The first-order valence-electron chi connectivity index (χ1n) is 7.06. The number of carbonyl (C=O) groups is 1. The Morgan fingerprint density at radius 1 is 1.41 bits per heavy atom. The Kier molecular flexibility index (Phi) is 5.15. The second-order valence-electron chi connectivity index (χ2n) is 5.45. The highest BCUT2D eigenvalue weighted by Crippen LogP contribution is 2.24. The van der Waals surface area contributed by atoms with Crippen molar-refractivity contribution >= 4 is 22.4 Å². The number of aromatic nitrogens is 1. The highest BCUT2D eigenvalue weighted by Gasteiger charge is 2.17. The molecule has 0 fully saturated rings. The van der Waals surface area contributed by atoms with Gasteiger partial charge in [-0.2, -0.15) is 0 Å². The van der Waals surface area contributed by atoms with Crippen LogP contribution in [-0.4, -0.2) is 36.6 Å². The maximum absolute atomic E-state index is 12.2. The Morgan fingerprint density at radius 3 is 2.73 bits per heavy atom. The van der Waals surface area contributed by atoms with Crippen molar-refractivity contribution in [2.45, 2.75) is 20.0 Å². The Labute approximate surface area is 134 Å². The molecule has 22 heavy (non-hydrogen) atoms. The number of benzene rings is 1. The largest absolute Gasteiger partial charge is 0.387 e. The molecule has 0 aliphatic heterocycles. The minimum Gasteiger partial charge on any atom is -0.387 e. The van der Waals surface area contributed by atoms with Gasteiger partial charge in [0.1, 0.15) is 4.88 Å². The summed E-state index contributed by atoms with van der Waals surface area (Å²) in [4.78, 5) is 19.0. The molecular weight excluding hydrogens is 298 g/mol. The number of thiazole rings is 1. The molecular formula is C16H21N3O2S. The van der Waals surface area contributed by atoms with Crippen molar-refractivity contribution in [3.05, 3.63) is 46.0 Å². The van der Waals surface area contributed by atoms with Crippen LogP contribution < -0.4 is 10.2 Å². The summed E-state index contributed by atoms with van der Waals surface area (Å²) in [6.07, 6.45) is -0.717. The van der Waals surface area contributed by atoms with Crippen molar-refractivity contribution in [1.82, 2.24) is 10.3 Å². The van der Waals surface area contributed by atoms with Gasteiger partial charge in [0.15, 0.2) is 5.13 Å². The van der Waals surface area contributed by atoms with Gasteiger partial charge in [-0.1, -0.05) is 41.2 Å². The molecule has 5 nitrogen and oxygen atoms in total. The lowest BCUT2D eigenvalue weighted by Gasteiger charge is -2.12. The van der Waals surface area contributed by atoms with Gasteiger partial charge in [0.25, 0.3) is 5.91 Å². The average molecular weight is 319 g/mol. The first-order valence-corrected chi connectivity index (χ1v) is 7.87. The third-order valence-corrected chi connectivity index (χ3v) is 4.58. The minimum absolute atomic E-state index is 0.178. The van der Waals surface area contributed by atoms with Gasteiger partial charge in [-0.15, -0.1) is 0 Å². The number of aryl methyl sites for hydroxylation is 2. The van der Waals surface area contributed by atoms with Gasteiger partial charge < -0.3 is 15.3 Å². The number of rotatable bonds is 5. The van der Waals surface area contributed by atoms with E-state index in [4.69, 9.17) is 0 Å². The zero-order valence-electron chi connectivity index (χ0n) is 13.3. The molecule has 0 aliphatic rings. The summed E-state index contributed by atoms with van der Waals surface area (Å²) in [5.74, 6) is -0.199. The molecule has 1 amide bonds. The summed E-state index contributed by atoms with van der Waals surface area (Å²) in [6.45, 7) is 3.96. The van der Waals surface area contributed by atoms with Crippen LogP contribution in [-0.2, 0) is 0 Å². The van der Waals surface area contributed by atoms with E-state index in [1.165, 1.54) is 11.3 Å². The maximum atomic E-state index is 12.2. The Hall–Kier alpha value is -1.92. The van der Waals surface area contributed by atoms with E-state index in [-0.39, 0.29) is 12.5 Å². The Bertz CT molecular complexity index is 667. The van der Waals surface area contributed by atoms with E-state index < -0.39 is 6.10 Å². The zero-order chi connectivity index (χ0) is 16.3. The number of hydrogen-bond donors (Lipinski definition) is 2. The van der Waals surface area contributed by atoms with Gasteiger partial charge in [0, 0.05) is 20.6 Å². The number of hydrogen-bond acceptors (Lipinski definition) is 5. The lowest BCUT2D eigenvalue weighted by molar-refractivity contribution is 0.0919. The van der Waals surface area contributed by atoms with E-state index in [1.54, 1.807) is 0 Å². The van der Waals surface area contributed by atoms with Crippen LogP contribution in [0.1, 0.15) is 32.6 Å². The molecule has 0 spiro atoms. The second kappa shape index (κ2) is 6.89. The van der Waals surface area contributed by atoms with E-state index in [2.05, 4.69) is 10.3 Å². The minimum atomic E-state index is -0.717. The van der Waals surface area contributed by atoms with Crippen molar-refractivity contribution in [3.63, 3.8) is 0 Å². The standard InChI is InChI=1S/C16H21N3O2S/c1-10-6-5-7-12(8-10)13(20)9-17-15(21)14-11(2)18-16(22-14)19(3)4/h5-8,13,20H,9H2,1-4H3,(H,17,21). The molecule has 2 N–H and O–H groups in total. The van der Waals surface area contributed by atoms with Crippen LogP contribution in [0.5, 0.6) is 0 Å². The molecule has 2 rings (SSSR count). The Balaban J connectivity index is 2.01. The van der Waals surface area contributed by atoms with Gasteiger partial charge in [-0.25, -0.2) is 4.98 Å². The first-order chi connectivity index (χ1) is 10.4. The fraction of sp³-hybridized carbons (Fsp3) is 0.375. The average Bonchev–Trinajstić information content (AvgIpc) is 2.86. The topological polar surface area (TPSA) is 65.5 Å². The van der Waals surface area contributed by atoms with Crippen LogP contribution in [0.15, 0.2) is 24.3 Å². The predicted octanol–water partition coefficient (Wildman–Crippen LogP) is 2.29. The molecule has 0 radical (unpaired) electrons. The number of nitrogens with zero attached hydrogens (tertiary/aromatic N) is 2. The molecule has 0 bridgehead atoms. The smallest absolute Gasteiger partial charge is 0.263 e. The fourth-order valence-corrected chi connectivity index (χ4v) is 2.95. The Morgan fingerprint density at radius 2 is 2.14 bits per heavy atom. The summed E-state index contributed by atoms with van der Waals surface area (Å²) < 4.78 is 0. The molecule has 1 aromatic heterocycles. The number of amides is 1. The highest BCUT2D eigenvalue weighted by molar-refractivity contribution is 7.17. The normalized spacial score (nSPS) is 12.0. The molecule has 1 heterocycles. The van der Waals surface area contributed by atoms with E-state index in [1.807, 2.05) is 57.1 Å². The molecule has 6 heteroatoms. The first kappa shape index (κ1) is 16.5. The van der Waals surface area contributed by atoms with Gasteiger partial charge in [-0.05, 0) is 19.4 Å². The quantitative estimate of drug-likeness (QED) is 0.887. The van der Waals surface area contributed by atoms with Crippen molar-refractivity contribution in [1.29, 1.82) is 0 Å². The van der Waals surface area contributed by atoms with Crippen molar-refractivity contribution < 1.29 is 9.90 Å². The van der Waals surface area contributed by atoms with Crippen LogP contribution in [0.2, 0.25) is 0 Å². The number of carbonyl (C=O) groups excluding carboxylic acids is 1. The number of aliphatic hydroxyl groups excluding tert-OH is 1. The van der Waals surface area contributed by atoms with Crippen LogP contribution in [0.3, 0.4) is 0 Å². The SMILES string of the molecule is Cc1cccc(C(O)CNC(=O)c2sc(N(C)C)nc2C)c1. The number of nitrogens with one attached hydrogen (secondary N) is 1. The zero-order valence-corrected chi connectivity index (χ0v) is 14.1. The van der Waals surface area contributed by atoms with Crippen LogP contribution in [0.4, 0.5) is 5.13 Å². The molecule has 0 aliphatic carbocycles. The third kappa shape index (κ3) is 3.84. The molecule has 118 valence electrons. The molecule has 0 saturated carbocycles. The van der Waals surface area contributed by atoms with E-state index in [9.17, 15) is 9.90 Å². The lowest BCUT2D eigenvalue weighted by atomic mass is 10.1. The molecule has 1 unspecified atom stereocenters. The summed E-state index contributed by atoms with van der Waals surface area (Å²) in [6, 6.07) is 7.63. The molecule has 1 aromatic carbocycles. The van der Waals surface area contributed by atoms with E-state index >= 15 is 0 Å². The molecule has 0 saturated heterocycles. The monoisotopic (exact) mass is 319 g/mol. The van der Waals surface area contributed by atoms with Crippen molar-refractivity contribution in [3.8, 4) is 0 Å². The molecule has 2 aromatic rings. The summed E-state index contributed by atoms with van der Waals surface area (Å²) in [7, 11) is 3.78. The van der Waals surface area contributed by atoms with Crippen LogP contribution in [0.25, 0.3) is 0 Å². The summed E-state index contributed by atoms with van der Waals surface area (Å²) in [5.41, 5.74) is 2.59. The third-order valence-electron chi connectivity index (χ3n) is 3.26. The second-order valence-corrected chi connectivity index (χ2v) is 6.42.